The van der Waals surface area contributed by atoms with Crippen LogP contribution in [0.3, 0.4) is 0 Å². The lowest BCUT2D eigenvalue weighted by Gasteiger charge is -2.00. The fourth-order valence-corrected chi connectivity index (χ4v) is 1.45. The Balaban J connectivity index is 2.32. The monoisotopic (exact) mass is 250 g/mol. The van der Waals surface area contributed by atoms with Crippen molar-refractivity contribution in [2.45, 2.75) is 5.16 Å². The lowest BCUT2D eigenvalue weighted by atomic mass is 10.1. The minimum atomic E-state index is -0.134. The molecule has 0 saturated carbocycles. The van der Waals surface area contributed by atoms with Gasteiger partial charge >= 0.3 is 0 Å². The molecule has 3 nitrogen and oxygen atoms in total. The molecule has 0 fully saturated rings. The van der Waals surface area contributed by atoms with Crippen molar-refractivity contribution in [3.05, 3.63) is 52.8 Å². The molecular weight excluding hydrogens is 244 g/mol. The summed E-state index contributed by atoms with van der Waals surface area (Å²) in [7, 11) is 0. The minimum absolute atomic E-state index is 0.134. The third-order valence-corrected chi connectivity index (χ3v) is 2.49. The van der Waals surface area contributed by atoms with E-state index in [-0.39, 0.29) is 5.78 Å². The van der Waals surface area contributed by atoms with Crippen LogP contribution in [0.25, 0.3) is 0 Å². The lowest BCUT2D eigenvalue weighted by molar-refractivity contribution is 0.103. The summed E-state index contributed by atoms with van der Waals surface area (Å²) in [5.41, 5.74) is 0.986. The van der Waals surface area contributed by atoms with Gasteiger partial charge in [-0.3, -0.25) is 4.79 Å². The van der Waals surface area contributed by atoms with Crippen molar-refractivity contribution < 1.29 is 4.79 Å². The first-order valence-corrected chi connectivity index (χ1v) is 5.30. The number of rotatable bonds is 2. The van der Waals surface area contributed by atoms with Gasteiger partial charge in [0.1, 0.15) is 0 Å². The van der Waals surface area contributed by atoms with Crippen molar-refractivity contribution in [3.63, 3.8) is 0 Å². The number of hydrogen-bond donors (Lipinski definition) is 1. The number of carbonyl (C=O) groups excluding carboxylic acids is 1. The van der Waals surface area contributed by atoms with Gasteiger partial charge in [-0.15, -0.1) is 12.6 Å². The molecule has 2 aromatic rings. The van der Waals surface area contributed by atoms with Crippen LogP contribution in [0.4, 0.5) is 0 Å². The van der Waals surface area contributed by atoms with Crippen LogP contribution < -0.4 is 0 Å². The molecule has 1 aromatic carbocycles. The quantitative estimate of drug-likeness (QED) is 0.506. The summed E-state index contributed by atoms with van der Waals surface area (Å²) in [6.07, 6.45) is 2.90. The Morgan fingerprint density at radius 2 is 1.62 bits per heavy atom. The van der Waals surface area contributed by atoms with Gasteiger partial charge in [-0.25, -0.2) is 9.97 Å². The maximum Gasteiger partial charge on any atom is 0.196 e. The number of aromatic nitrogens is 2. The molecule has 16 heavy (non-hydrogen) atoms. The molecule has 0 aliphatic heterocycles. The zero-order valence-electron chi connectivity index (χ0n) is 8.09. The molecule has 0 saturated heterocycles. The van der Waals surface area contributed by atoms with Crippen LogP contribution in [0.15, 0.2) is 41.8 Å². The molecule has 0 atom stereocenters. The molecule has 80 valence electrons. The number of halogens is 1. The van der Waals surface area contributed by atoms with Crippen molar-refractivity contribution in [3.8, 4) is 0 Å². The first-order chi connectivity index (χ1) is 7.66. The van der Waals surface area contributed by atoms with Gasteiger partial charge in [0.2, 0.25) is 0 Å². The average Bonchev–Trinajstić information content (AvgIpc) is 2.30. The van der Waals surface area contributed by atoms with E-state index in [1.165, 1.54) is 12.4 Å². The summed E-state index contributed by atoms with van der Waals surface area (Å²) in [6.45, 7) is 0. The third-order valence-electron chi connectivity index (χ3n) is 2.01. The second kappa shape index (κ2) is 4.63. The zero-order chi connectivity index (χ0) is 11.5. The third kappa shape index (κ3) is 2.40. The van der Waals surface area contributed by atoms with E-state index in [9.17, 15) is 4.79 Å². The van der Waals surface area contributed by atoms with Gasteiger partial charge in [0.05, 0.1) is 5.56 Å². The van der Waals surface area contributed by atoms with Crippen LogP contribution in [0, 0.1) is 0 Å². The van der Waals surface area contributed by atoms with Crippen LogP contribution in [0.5, 0.6) is 0 Å². The van der Waals surface area contributed by atoms with Gasteiger partial charge in [0.15, 0.2) is 10.9 Å². The molecule has 0 aliphatic carbocycles. The number of carbonyl (C=O) groups is 1. The van der Waals surface area contributed by atoms with Gasteiger partial charge in [0, 0.05) is 23.0 Å². The maximum atomic E-state index is 11.9. The van der Waals surface area contributed by atoms with E-state index in [1.54, 1.807) is 24.3 Å². The van der Waals surface area contributed by atoms with E-state index in [0.717, 1.165) is 0 Å². The molecule has 0 amide bonds. The topological polar surface area (TPSA) is 42.9 Å². The summed E-state index contributed by atoms with van der Waals surface area (Å²) in [6, 6.07) is 6.67. The fraction of sp³-hybridized carbons (Fsp3) is 0. The second-order valence-electron chi connectivity index (χ2n) is 3.11. The molecular formula is C11H7ClN2OS. The number of thiol groups is 1. The highest BCUT2D eigenvalue weighted by Crippen LogP contribution is 2.13. The summed E-state index contributed by atoms with van der Waals surface area (Å²) >= 11 is 9.69. The van der Waals surface area contributed by atoms with Gasteiger partial charge < -0.3 is 0 Å². The van der Waals surface area contributed by atoms with Crippen LogP contribution in [-0.2, 0) is 0 Å². The van der Waals surface area contributed by atoms with Crippen molar-refractivity contribution >= 4 is 30.0 Å². The van der Waals surface area contributed by atoms with Crippen LogP contribution in [0.1, 0.15) is 15.9 Å². The molecule has 1 heterocycles. The highest BCUT2D eigenvalue weighted by atomic mass is 35.5. The minimum Gasteiger partial charge on any atom is -0.288 e. The van der Waals surface area contributed by atoms with Gasteiger partial charge in [-0.2, -0.15) is 0 Å². The Morgan fingerprint density at radius 1 is 1.06 bits per heavy atom. The van der Waals surface area contributed by atoms with Gasteiger partial charge in [-0.1, -0.05) is 11.6 Å². The van der Waals surface area contributed by atoms with Crippen LogP contribution >= 0.6 is 24.2 Å². The van der Waals surface area contributed by atoms with Crippen molar-refractivity contribution in [2.24, 2.45) is 0 Å². The number of hydrogen-bond acceptors (Lipinski definition) is 4. The Bertz CT molecular complexity index is 463. The Morgan fingerprint density at radius 3 is 2.19 bits per heavy atom. The molecule has 0 N–H and O–H groups in total. The molecule has 0 aliphatic rings. The number of ketones is 1. The average molecular weight is 251 g/mol. The second-order valence-corrected chi connectivity index (χ2v) is 3.94. The number of nitrogens with zero attached hydrogens (tertiary/aromatic N) is 2. The Labute approximate surface area is 103 Å². The predicted octanol–water partition coefficient (Wildman–Crippen LogP) is 2.65. The van der Waals surface area contributed by atoms with Crippen LogP contribution in [0.2, 0.25) is 5.02 Å². The molecule has 0 spiro atoms. The largest absolute Gasteiger partial charge is 0.288 e. The SMILES string of the molecule is O=C(c1ccc(Cl)cc1)c1cnc(S)nc1. The summed E-state index contributed by atoms with van der Waals surface area (Å²) in [5.74, 6) is -0.134. The maximum absolute atomic E-state index is 11.9. The van der Waals surface area contributed by atoms with Crippen molar-refractivity contribution in [1.82, 2.24) is 9.97 Å². The van der Waals surface area contributed by atoms with E-state index < -0.39 is 0 Å². The van der Waals surface area contributed by atoms with Crippen molar-refractivity contribution in [2.75, 3.05) is 0 Å². The normalized spacial score (nSPS) is 10.1. The van der Waals surface area contributed by atoms with E-state index in [2.05, 4.69) is 22.6 Å². The molecule has 0 unspecified atom stereocenters. The summed E-state index contributed by atoms with van der Waals surface area (Å²) in [5, 5.41) is 0.936. The van der Waals surface area contributed by atoms with E-state index in [4.69, 9.17) is 11.6 Å². The predicted molar refractivity (Wildman–Crippen MR) is 64.2 cm³/mol. The Kier molecular flexibility index (Phi) is 3.22. The summed E-state index contributed by atoms with van der Waals surface area (Å²) < 4.78 is 0. The molecule has 1 aromatic heterocycles. The van der Waals surface area contributed by atoms with Gasteiger partial charge in [0.25, 0.3) is 0 Å². The summed E-state index contributed by atoms with van der Waals surface area (Å²) in [4.78, 5) is 19.6. The molecule has 0 radical (unpaired) electrons. The first-order valence-electron chi connectivity index (χ1n) is 4.48. The highest BCUT2D eigenvalue weighted by Gasteiger charge is 2.09. The van der Waals surface area contributed by atoms with Crippen LogP contribution in [-0.4, -0.2) is 15.8 Å². The zero-order valence-corrected chi connectivity index (χ0v) is 9.74. The fourth-order valence-electron chi connectivity index (χ4n) is 1.21. The molecule has 0 bridgehead atoms. The van der Waals surface area contributed by atoms with E-state index in [1.807, 2.05) is 0 Å². The van der Waals surface area contributed by atoms with E-state index in [0.29, 0.717) is 21.3 Å². The molecule has 5 heteroatoms. The van der Waals surface area contributed by atoms with Gasteiger partial charge in [-0.05, 0) is 24.3 Å². The van der Waals surface area contributed by atoms with Crippen molar-refractivity contribution in [1.29, 1.82) is 0 Å². The smallest absolute Gasteiger partial charge is 0.196 e. The molecule has 2 rings (SSSR count). The lowest BCUT2D eigenvalue weighted by Crippen LogP contribution is -2.02. The number of benzene rings is 1. The first kappa shape index (κ1) is 11.1. The van der Waals surface area contributed by atoms with E-state index >= 15 is 0 Å². The Hall–Kier alpha value is -1.39. The standard InChI is InChI=1S/C11H7ClN2OS/c12-9-3-1-7(2-4-9)10(15)8-5-13-11(16)14-6-8/h1-6H,(H,13,14,16). The highest BCUT2D eigenvalue weighted by molar-refractivity contribution is 7.80.